The van der Waals surface area contributed by atoms with Crippen LogP contribution in [0.15, 0.2) is 29.4 Å². The molecule has 0 saturated carbocycles. The maximum atomic E-state index is 9.39. The van der Waals surface area contributed by atoms with E-state index in [-0.39, 0.29) is 18.6 Å². The van der Waals surface area contributed by atoms with Crippen LogP contribution in [0, 0.1) is 5.92 Å². The van der Waals surface area contributed by atoms with Gasteiger partial charge in [0.2, 0.25) is 0 Å². The molecule has 4 N–H and O–H groups in total. The molecule has 0 radical (unpaired) electrons. The smallest absolute Gasteiger partial charge is 0.188 e. The summed E-state index contributed by atoms with van der Waals surface area (Å²) in [6, 6.07) is 5.85. The Morgan fingerprint density at radius 1 is 1.55 bits per heavy atom. The van der Waals surface area contributed by atoms with Crippen molar-refractivity contribution in [3.8, 4) is 0 Å². The highest BCUT2D eigenvalue weighted by Crippen LogP contribution is 2.06. The van der Waals surface area contributed by atoms with E-state index >= 15 is 0 Å². The van der Waals surface area contributed by atoms with Crippen LogP contribution in [-0.2, 0) is 11.2 Å². The quantitative estimate of drug-likeness (QED) is 0.466. The molecule has 1 rings (SSSR count). The summed E-state index contributed by atoms with van der Waals surface area (Å²) >= 11 is 0. The Morgan fingerprint density at radius 2 is 2.35 bits per heavy atom. The number of nitrogens with one attached hydrogen (secondary N) is 1. The number of ether oxygens (including phenoxy) is 1. The van der Waals surface area contributed by atoms with E-state index in [4.69, 9.17) is 10.5 Å². The third-order valence-electron chi connectivity index (χ3n) is 2.81. The number of hydrogen-bond acceptors (Lipinski definition) is 4. The Hall–Kier alpha value is -1.66. The van der Waals surface area contributed by atoms with Gasteiger partial charge in [-0.25, -0.2) is 0 Å². The van der Waals surface area contributed by atoms with Crippen molar-refractivity contribution in [3.63, 3.8) is 0 Å². The first-order valence-electron chi connectivity index (χ1n) is 6.71. The van der Waals surface area contributed by atoms with Crippen molar-refractivity contribution in [2.75, 3.05) is 26.9 Å². The molecule has 6 heteroatoms. The van der Waals surface area contributed by atoms with Crippen LogP contribution in [0.2, 0.25) is 0 Å². The fourth-order valence-corrected chi connectivity index (χ4v) is 1.82. The summed E-state index contributed by atoms with van der Waals surface area (Å²) < 4.78 is 5.01. The summed E-state index contributed by atoms with van der Waals surface area (Å²) in [5.74, 6) is 0.386. The lowest BCUT2D eigenvalue weighted by molar-refractivity contribution is 0.179. The number of nitrogens with two attached hydrogens (primary N) is 1. The van der Waals surface area contributed by atoms with Crippen LogP contribution >= 0.6 is 0 Å². The summed E-state index contributed by atoms with van der Waals surface area (Å²) in [4.78, 5) is 8.50. The Kier molecular flexibility index (Phi) is 7.60. The monoisotopic (exact) mass is 280 g/mol. The van der Waals surface area contributed by atoms with Gasteiger partial charge in [-0.3, -0.25) is 9.98 Å². The van der Waals surface area contributed by atoms with Gasteiger partial charge in [0.05, 0.1) is 6.61 Å². The van der Waals surface area contributed by atoms with Crippen LogP contribution in [0.5, 0.6) is 0 Å². The first kappa shape index (κ1) is 16.4. The third-order valence-corrected chi connectivity index (χ3v) is 2.81. The molecule has 1 heterocycles. The van der Waals surface area contributed by atoms with Crippen molar-refractivity contribution in [3.05, 3.63) is 30.1 Å². The topological polar surface area (TPSA) is 92.8 Å². The molecule has 6 nitrogen and oxygen atoms in total. The standard InChI is InChI=1S/C14H24N4O2/c1-11(10-20-2)18-14(15)17-8-12(9-19)7-13-5-3-4-6-16-13/h3-6,11-12,19H,7-10H2,1-2H3,(H3,15,17,18). The van der Waals surface area contributed by atoms with Gasteiger partial charge in [-0.15, -0.1) is 0 Å². The molecule has 1 aromatic rings. The second-order valence-electron chi connectivity index (χ2n) is 4.80. The Balaban J connectivity index is 2.43. The molecule has 0 amide bonds. The molecular weight excluding hydrogens is 256 g/mol. The van der Waals surface area contributed by atoms with E-state index in [1.807, 2.05) is 25.1 Å². The highest BCUT2D eigenvalue weighted by atomic mass is 16.5. The minimum Gasteiger partial charge on any atom is -0.396 e. The van der Waals surface area contributed by atoms with Crippen LogP contribution in [0.4, 0.5) is 0 Å². The number of hydrogen-bond donors (Lipinski definition) is 3. The SMILES string of the molecule is COCC(C)NC(N)=NCC(CO)Cc1ccccn1. The highest BCUT2D eigenvalue weighted by molar-refractivity contribution is 5.78. The van der Waals surface area contributed by atoms with Gasteiger partial charge in [-0.2, -0.15) is 0 Å². The van der Waals surface area contributed by atoms with Crippen molar-refractivity contribution < 1.29 is 9.84 Å². The van der Waals surface area contributed by atoms with Crippen molar-refractivity contribution in [1.82, 2.24) is 10.3 Å². The maximum Gasteiger partial charge on any atom is 0.188 e. The molecule has 0 aliphatic rings. The average Bonchev–Trinajstić information content (AvgIpc) is 2.44. The van der Waals surface area contributed by atoms with Gasteiger partial charge in [-0.1, -0.05) is 6.07 Å². The highest BCUT2D eigenvalue weighted by Gasteiger charge is 2.09. The molecule has 0 aliphatic heterocycles. The molecule has 1 aromatic heterocycles. The van der Waals surface area contributed by atoms with Crippen LogP contribution in [0.25, 0.3) is 0 Å². The van der Waals surface area contributed by atoms with Gasteiger partial charge in [0.1, 0.15) is 0 Å². The van der Waals surface area contributed by atoms with E-state index < -0.39 is 0 Å². The molecule has 0 bridgehead atoms. The zero-order valence-electron chi connectivity index (χ0n) is 12.1. The third kappa shape index (κ3) is 6.49. The van der Waals surface area contributed by atoms with Gasteiger partial charge in [-0.05, 0) is 25.5 Å². The molecule has 2 atom stereocenters. The van der Waals surface area contributed by atoms with Crippen LogP contribution in [-0.4, -0.2) is 49.0 Å². The van der Waals surface area contributed by atoms with Crippen molar-refractivity contribution in [2.24, 2.45) is 16.6 Å². The number of aliphatic hydroxyl groups excluding tert-OH is 1. The number of aliphatic hydroxyl groups is 1. The molecular formula is C14H24N4O2. The van der Waals surface area contributed by atoms with Crippen molar-refractivity contribution in [1.29, 1.82) is 0 Å². The van der Waals surface area contributed by atoms with E-state index in [2.05, 4.69) is 15.3 Å². The van der Waals surface area contributed by atoms with E-state index in [0.717, 1.165) is 5.69 Å². The fraction of sp³-hybridized carbons (Fsp3) is 0.571. The number of pyridine rings is 1. The van der Waals surface area contributed by atoms with E-state index in [1.165, 1.54) is 0 Å². The normalized spacial score (nSPS) is 14.8. The number of guanidine groups is 1. The molecule has 20 heavy (non-hydrogen) atoms. The predicted molar refractivity (Wildman–Crippen MR) is 79.5 cm³/mol. The predicted octanol–water partition coefficient (Wildman–Crippen LogP) is 0.172. The van der Waals surface area contributed by atoms with Gasteiger partial charge in [0, 0.05) is 44.1 Å². The Bertz CT molecular complexity index is 397. The lowest BCUT2D eigenvalue weighted by Gasteiger charge is -2.15. The molecule has 0 aromatic carbocycles. The Labute approximate surface area is 120 Å². The van der Waals surface area contributed by atoms with Crippen LogP contribution < -0.4 is 11.1 Å². The van der Waals surface area contributed by atoms with Gasteiger partial charge in [0.25, 0.3) is 0 Å². The molecule has 0 aliphatic carbocycles. The molecule has 2 unspecified atom stereocenters. The molecule has 112 valence electrons. The van der Waals surface area contributed by atoms with Gasteiger partial charge >= 0.3 is 0 Å². The Morgan fingerprint density at radius 3 is 2.95 bits per heavy atom. The second kappa shape index (κ2) is 9.28. The lowest BCUT2D eigenvalue weighted by atomic mass is 10.0. The number of aliphatic imine (C=N–C) groups is 1. The van der Waals surface area contributed by atoms with Gasteiger partial charge < -0.3 is 20.9 Å². The van der Waals surface area contributed by atoms with Crippen molar-refractivity contribution >= 4 is 5.96 Å². The number of rotatable bonds is 8. The molecule has 0 spiro atoms. The van der Waals surface area contributed by atoms with Crippen molar-refractivity contribution in [2.45, 2.75) is 19.4 Å². The number of aromatic nitrogens is 1. The van der Waals surface area contributed by atoms with Gasteiger partial charge in [0.15, 0.2) is 5.96 Å². The summed E-state index contributed by atoms with van der Waals surface area (Å²) in [5.41, 5.74) is 6.73. The molecule has 0 fully saturated rings. The van der Waals surface area contributed by atoms with Crippen LogP contribution in [0.1, 0.15) is 12.6 Å². The summed E-state index contributed by atoms with van der Waals surface area (Å²) in [7, 11) is 1.64. The summed E-state index contributed by atoms with van der Waals surface area (Å²) in [6.45, 7) is 3.05. The maximum absolute atomic E-state index is 9.39. The first-order valence-corrected chi connectivity index (χ1v) is 6.71. The van der Waals surface area contributed by atoms with E-state index in [9.17, 15) is 5.11 Å². The van der Waals surface area contributed by atoms with Crippen LogP contribution in [0.3, 0.4) is 0 Å². The molecule has 0 saturated heterocycles. The largest absolute Gasteiger partial charge is 0.396 e. The minimum absolute atomic E-state index is 0.0166. The summed E-state index contributed by atoms with van der Waals surface area (Å²) in [5, 5.41) is 12.4. The lowest BCUT2D eigenvalue weighted by Crippen LogP contribution is -2.41. The van der Waals surface area contributed by atoms with E-state index in [0.29, 0.717) is 25.5 Å². The average molecular weight is 280 g/mol. The zero-order valence-corrected chi connectivity index (χ0v) is 12.1. The fourth-order valence-electron chi connectivity index (χ4n) is 1.82. The summed E-state index contributed by atoms with van der Waals surface area (Å²) in [6.07, 6.45) is 2.43. The first-order chi connectivity index (χ1) is 9.65. The minimum atomic E-state index is 0.0166. The second-order valence-corrected chi connectivity index (χ2v) is 4.80. The van der Waals surface area contributed by atoms with E-state index in [1.54, 1.807) is 13.3 Å². The number of nitrogens with zero attached hydrogens (tertiary/aromatic N) is 2. The zero-order chi connectivity index (χ0) is 14.8. The number of methoxy groups -OCH3 is 1.